The molecule has 1 saturated heterocycles. The summed E-state index contributed by atoms with van der Waals surface area (Å²) in [7, 11) is 2.22. The molecule has 1 atom stereocenters. The van der Waals surface area contributed by atoms with Crippen LogP contribution in [0.25, 0.3) is 0 Å². The van der Waals surface area contributed by atoms with Gasteiger partial charge in [0.25, 0.3) is 0 Å². The molecule has 3 rings (SSSR count). The van der Waals surface area contributed by atoms with Crippen molar-refractivity contribution in [3.05, 3.63) is 29.3 Å². The lowest BCUT2D eigenvalue weighted by molar-refractivity contribution is 0.118. The van der Waals surface area contributed by atoms with E-state index in [0.717, 1.165) is 6.54 Å². The molecule has 2 aliphatic rings. The molecule has 3 heteroatoms. The second kappa shape index (κ2) is 6.15. The number of nitrogens with zero attached hydrogens (tertiary/aromatic N) is 2. The number of benzene rings is 1. The van der Waals surface area contributed by atoms with E-state index in [1.54, 1.807) is 0 Å². The third-order valence-corrected chi connectivity index (χ3v) is 4.80. The van der Waals surface area contributed by atoms with Gasteiger partial charge in [0, 0.05) is 44.5 Å². The zero-order valence-electron chi connectivity index (χ0n) is 12.9. The van der Waals surface area contributed by atoms with Crippen molar-refractivity contribution in [3.63, 3.8) is 0 Å². The van der Waals surface area contributed by atoms with E-state index in [4.69, 9.17) is 0 Å². The van der Waals surface area contributed by atoms with Crippen molar-refractivity contribution in [2.45, 2.75) is 32.2 Å². The molecular weight excluding hydrogens is 246 g/mol. The predicted octanol–water partition coefficient (Wildman–Crippen LogP) is 2.22. The minimum absolute atomic E-state index is 0.651. The Hall–Kier alpha value is -1.06. The Morgan fingerprint density at radius 2 is 2.00 bits per heavy atom. The first kappa shape index (κ1) is 13.9. The maximum Gasteiger partial charge on any atom is 0.0372 e. The number of anilines is 1. The van der Waals surface area contributed by atoms with Crippen LogP contribution in [-0.2, 0) is 12.8 Å². The van der Waals surface area contributed by atoms with Gasteiger partial charge in [-0.1, -0.05) is 12.1 Å². The summed E-state index contributed by atoms with van der Waals surface area (Å²) in [5.41, 5.74) is 4.37. The van der Waals surface area contributed by atoms with Crippen molar-refractivity contribution in [2.75, 3.05) is 45.1 Å². The first-order valence-electron chi connectivity index (χ1n) is 8.00. The Morgan fingerprint density at radius 3 is 2.80 bits per heavy atom. The molecule has 2 aliphatic heterocycles. The van der Waals surface area contributed by atoms with Gasteiger partial charge in [-0.15, -0.1) is 0 Å². The fraction of sp³-hybridized carbons (Fsp3) is 0.647. The molecule has 1 N–H and O–H groups in total. The van der Waals surface area contributed by atoms with Crippen LogP contribution in [0, 0.1) is 0 Å². The van der Waals surface area contributed by atoms with Crippen LogP contribution < -0.4 is 5.32 Å². The van der Waals surface area contributed by atoms with Crippen molar-refractivity contribution in [2.24, 2.45) is 0 Å². The van der Waals surface area contributed by atoms with E-state index in [9.17, 15) is 0 Å². The largest absolute Gasteiger partial charge is 0.385 e. The van der Waals surface area contributed by atoms with Crippen molar-refractivity contribution in [1.29, 1.82) is 0 Å². The van der Waals surface area contributed by atoms with Gasteiger partial charge in [-0.25, -0.2) is 0 Å². The smallest absolute Gasteiger partial charge is 0.0372 e. The Balaban J connectivity index is 1.62. The lowest BCUT2D eigenvalue weighted by Gasteiger charge is -2.36. The predicted molar refractivity (Wildman–Crippen MR) is 85.5 cm³/mol. The van der Waals surface area contributed by atoms with Gasteiger partial charge in [0.05, 0.1) is 0 Å². The summed E-state index contributed by atoms with van der Waals surface area (Å²) in [6.45, 7) is 8.35. The highest BCUT2D eigenvalue weighted by Crippen LogP contribution is 2.24. The molecule has 0 aliphatic carbocycles. The van der Waals surface area contributed by atoms with Gasteiger partial charge >= 0.3 is 0 Å². The highest BCUT2D eigenvalue weighted by atomic mass is 15.3. The Labute approximate surface area is 123 Å². The fourth-order valence-corrected chi connectivity index (χ4v) is 3.39. The molecule has 0 bridgehead atoms. The van der Waals surface area contributed by atoms with Crippen molar-refractivity contribution >= 4 is 5.69 Å². The van der Waals surface area contributed by atoms with Gasteiger partial charge in [-0.2, -0.15) is 0 Å². The minimum atomic E-state index is 0.651. The molecule has 1 aromatic carbocycles. The molecule has 0 amide bonds. The van der Waals surface area contributed by atoms with Crippen molar-refractivity contribution < 1.29 is 0 Å². The van der Waals surface area contributed by atoms with E-state index >= 15 is 0 Å². The zero-order valence-corrected chi connectivity index (χ0v) is 12.9. The molecule has 2 heterocycles. The fourth-order valence-electron chi connectivity index (χ4n) is 3.39. The molecule has 0 saturated carbocycles. The molecule has 3 nitrogen and oxygen atoms in total. The number of hydrogen-bond donors (Lipinski definition) is 1. The van der Waals surface area contributed by atoms with Crippen molar-refractivity contribution in [3.8, 4) is 0 Å². The highest BCUT2D eigenvalue weighted by Gasteiger charge is 2.19. The molecule has 1 unspecified atom stereocenters. The summed E-state index contributed by atoms with van der Waals surface area (Å²) >= 11 is 0. The van der Waals surface area contributed by atoms with Gasteiger partial charge in [-0.05, 0) is 50.4 Å². The van der Waals surface area contributed by atoms with Crippen LogP contribution in [0.1, 0.15) is 24.5 Å². The van der Waals surface area contributed by atoms with Gasteiger partial charge in [0.2, 0.25) is 0 Å². The maximum atomic E-state index is 3.50. The third-order valence-electron chi connectivity index (χ3n) is 4.80. The summed E-state index contributed by atoms with van der Waals surface area (Å²) < 4.78 is 0. The average Bonchev–Trinajstić information content (AvgIpc) is 2.48. The highest BCUT2D eigenvalue weighted by molar-refractivity contribution is 5.54. The first-order valence-corrected chi connectivity index (χ1v) is 8.00. The molecule has 0 radical (unpaired) electrons. The Kier molecular flexibility index (Phi) is 4.27. The van der Waals surface area contributed by atoms with Crippen LogP contribution in [0.5, 0.6) is 0 Å². The summed E-state index contributed by atoms with van der Waals surface area (Å²) in [5.74, 6) is 0. The molecular formula is C17H27N3. The second-order valence-corrected chi connectivity index (χ2v) is 6.41. The minimum Gasteiger partial charge on any atom is -0.385 e. The SMILES string of the molecule is CC(Cc1ccc2c(c1)CCCN2)N1CCN(C)CC1. The van der Waals surface area contributed by atoms with Crippen LogP contribution in [-0.4, -0.2) is 55.6 Å². The summed E-state index contributed by atoms with van der Waals surface area (Å²) in [6.07, 6.45) is 3.68. The van der Waals surface area contributed by atoms with Crippen LogP contribution >= 0.6 is 0 Å². The van der Waals surface area contributed by atoms with Crippen LogP contribution in [0.15, 0.2) is 18.2 Å². The molecule has 0 aromatic heterocycles. The number of nitrogens with one attached hydrogen (secondary N) is 1. The Bertz CT molecular complexity index is 450. The van der Waals surface area contributed by atoms with Crippen molar-refractivity contribution in [1.82, 2.24) is 9.80 Å². The number of likely N-dealkylation sites (N-methyl/N-ethyl adjacent to an activating group) is 1. The standard InChI is InChI=1S/C17H27N3/c1-14(20-10-8-19(2)9-11-20)12-15-5-6-17-16(13-15)4-3-7-18-17/h5-6,13-14,18H,3-4,7-12H2,1-2H3. The molecule has 20 heavy (non-hydrogen) atoms. The number of rotatable bonds is 3. The normalized spacial score (nSPS) is 22.1. The number of fused-ring (bicyclic) bond motifs is 1. The van der Waals surface area contributed by atoms with E-state index in [2.05, 4.69) is 47.3 Å². The quantitative estimate of drug-likeness (QED) is 0.911. The van der Waals surface area contributed by atoms with Crippen LogP contribution in [0.2, 0.25) is 0 Å². The van der Waals surface area contributed by atoms with Gasteiger partial charge in [0.1, 0.15) is 0 Å². The van der Waals surface area contributed by atoms with E-state index < -0.39 is 0 Å². The molecule has 110 valence electrons. The topological polar surface area (TPSA) is 18.5 Å². The summed E-state index contributed by atoms with van der Waals surface area (Å²) in [4.78, 5) is 5.06. The Morgan fingerprint density at radius 1 is 1.20 bits per heavy atom. The molecule has 1 aromatic rings. The zero-order chi connectivity index (χ0) is 13.9. The van der Waals surface area contributed by atoms with Crippen LogP contribution in [0.4, 0.5) is 5.69 Å². The lowest BCUT2D eigenvalue weighted by Crippen LogP contribution is -2.48. The van der Waals surface area contributed by atoms with Gasteiger partial charge in [0.15, 0.2) is 0 Å². The van der Waals surface area contributed by atoms with E-state index in [-0.39, 0.29) is 0 Å². The van der Waals surface area contributed by atoms with E-state index in [1.807, 2.05) is 0 Å². The second-order valence-electron chi connectivity index (χ2n) is 6.41. The van der Waals surface area contributed by atoms with Crippen LogP contribution in [0.3, 0.4) is 0 Å². The number of hydrogen-bond acceptors (Lipinski definition) is 3. The molecule has 1 fully saturated rings. The summed E-state index contributed by atoms with van der Waals surface area (Å²) in [5, 5.41) is 3.50. The van der Waals surface area contributed by atoms with E-state index in [1.165, 1.54) is 62.3 Å². The number of piperazine rings is 1. The summed E-state index contributed by atoms with van der Waals surface area (Å²) in [6, 6.07) is 7.66. The third kappa shape index (κ3) is 3.15. The molecule has 0 spiro atoms. The average molecular weight is 273 g/mol. The maximum absolute atomic E-state index is 3.50. The first-order chi connectivity index (χ1) is 9.72. The lowest BCUT2D eigenvalue weighted by atomic mass is 9.97. The van der Waals surface area contributed by atoms with Gasteiger partial charge in [-0.3, -0.25) is 4.90 Å². The number of aryl methyl sites for hydroxylation is 1. The van der Waals surface area contributed by atoms with E-state index in [0.29, 0.717) is 6.04 Å². The van der Waals surface area contributed by atoms with Gasteiger partial charge < -0.3 is 10.2 Å². The monoisotopic (exact) mass is 273 g/mol.